The van der Waals surface area contributed by atoms with Gasteiger partial charge in [-0.15, -0.1) is 0 Å². The Hall–Kier alpha value is -0.240. The number of hydrogen-bond acceptors (Lipinski definition) is 2. The first kappa shape index (κ1) is 8.76. The molecule has 0 aromatic rings. The summed E-state index contributed by atoms with van der Waals surface area (Å²) in [5.74, 6) is 0. The zero-order chi connectivity index (χ0) is 7.28. The molecule has 0 heterocycles. The quantitative estimate of drug-likeness (QED) is 0.578. The van der Waals surface area contributed by atoms with Crippen LogP contribution in [0, 0.1) is 0 Å². The molecule has 0 amide bonds. The average Bonchev–Trinajstić information content (AvgIpc) is 1.63. The monoisotopic (exact) mass is 150 g/mol. The van der Waals surface area contributed by atoms with E-state index in [1.807, 2.05) is 13.8 Å². The summed E-state index contributed by atoms with van der Waals surface area (Å²) in [6.45, 7) is 3.85. The van der Waals surface area contributed by atoms with Gasteiger partial charge in [-0.25, -0.2) is 4.79 Å². The molecule has 0 rings (SSSR count). The summed E-state index contributed by atoms with van der Waals surface area (Å²) >= 11 is 4.95. The summed E-state index contributed by atoms with van der Waals surface area (Å²) in [5, 5.41) is 0. The number of hydrogen-bond donors (Lipinski definition) is 0. The van der Waals surface area contributed by atoms with Crippen LogP contribution >= 0.6 is 11.6 Å². The number of carbonyl (C=O) groups is 1. The molecule has 1 atom stereocenters. The maximum Gasteiger partial charge on any atom is 0.404 e. The van der Waals surface area contributed by atoms with E-state index in [2.05, 4.69) is 4.74 Å². The van der Waals surface area contributed by atoms with E-state index in [-0.39, 0.29) is 6.10 Å². The Morgan fingerprint density at radius 1 is 1.78 bits per heavy atom. The van der Waals surface area contributed by atoms with Crippen LogP contribution in [0.2, 0.25) is 0 Å². The highest BCUT2D eigenvalue weighted by Gasteiger charge is 2.03. The van der Waals surface area contributed by atoms with E-state index in [9.17, 15) is 4.79 Å². The van der Waals surface area contributed by atoms with Gasteiger partial charge in [0.25, 0.3) is 0 Å². The molecule has 3 heteroatoms. The molecule has 0 aromatic heterocycles. The lowest BCUT2D eigenvalue weighted by Gasteiger charge is -2.07. The lowest BCUT2D eigenvalue weighted by Crippen LogP contribution is -2.08. The molecule has 54 valence electrons. The predicted molar refractivity (Wildman–Crippen MR) is 36.7 cm³/mol. The van der Waals surface area contributed by atoms with Crippen LogP contribution in [0.4, 0.5) is 4.79 Å². The molecule has 9 heavy (non-hydrogen) atoms. The summed E-state index contributed by atoms with van der Waals surface area (Å²) in [7, 11) is 0. The van der Waals surface area contributed by atoms with Gasteiger partial charge in [0, 0.05) is 11.6 Å². The van der Waals surface area contributed by atoms with Crippen molar-refractivity contribution in [2.24, 2.45) is 0 Å². The van der Waals surface area contributed by atoms with Gasteiger partial charge in [-0.2, -0.15) is 0 Å². The van der Waals surface area contributed by atoms with Crippen LogP contribution in [0.3, 0.4) is 0 Å². The Morgan fingerprint density at radius 2 is 2.33 bits per heavy atom. The van der Waals surface area contributed by atoms with Gasteiger partial charge in [-0.1, -0.05) is 13.3 Å². The van der Waals surface area contributed by atoms with Gasteiger partial charge in [0.1, 0.15) is 6.10 Å². The molecule has 2 nitrogen and oxygen atoms in total. The van der Waals surface area contributed by atoms with Crippen molar-refractivity contribution in [2.75, 3.05) is 0 Å². The van der Waals surface area contributed by atoms with E-state index in [1.54, 1.807) is 0 Å². The van der Waals surface area contributed by atoms with E-state index in [0.29, 0.717) is 0 Å². The second kappa shape index (κ2) is 4.62. The smallest absolute Gasteiger partial charge is 0.404 e. The normalized spacial score (nSPS) is 12.8. The fourth-order valence-electron chi connectivity index (χ4n) is 0.624. The van der Waals surface area contributed by atoms with Crippen molar-refractivity contribution in [2.45, 2.75) is 32.8 Å². The van der Waals surface area contributed by atoms with Crippen LogP contribution in [-0.4, -0.2) is 11.5 Å². The molecule has 0 saturated heterocycles. The Morgan fingerprint density at radius 3 is 2.67 bits per heavy atom. The molecule has 0 aliphatic heterocycles. The van der Waals surface area contributed by atoms with Gasteiger partial charge in [-0.05, 0) is 13.3 Å². The van der Waals surface area contributed by atoms with E-state index >= 15 is 0 Å². The predicted octanol–water partition coefficient (Wildman–Crippen LogP) is 2.55. The van der Waals surface area contributed by atoms with Crippen LogP contribution in [0.1, 0.15) is 26.7 Å². The summed E-state index contributed by atoms with van der Waals surface area (Å²) < 4.78 is 4.62. The first-order chi connectivity index (χ1) is 4.16. The third-order valence-electron chi connectivity index (χ3n) is 0.989. The second-order valence-corrected chi connectivity index (χ2v) is 2.26. The van der Waals surface area contributed by atoms with Gasteiger partial charge in [0.2, 0.25) is 0 Å². The summed E-state index contributed by atoms with van der Waals surface area (Å²) in [6.07, 6.45) is 1.84. The van der Waals surface area contributed by atoms with E-state index in [1.165, 1.54) is 0 Å². The van der Waals surface area contributed by atoms with Gasteiger partial charge < -0.3 is 4.74 Å². The highest BCUT2D eigenvalue weighted by molar-refractivity contribution is 6.61. The third-order valence-corrected chi connectivity index (χ3v) is 1.08. The number of rotatable bonds is 3. The number of ether oxygens (including phenoxy) is 1. The van der Waals surface area contributed by atoms with E-state index in [0.717, 1.165) is 12.8 Å². The zero-order valence-corrected chi connectivity index (χ0v) is 6.44. The molecular weight excluding hydrogens is 140 g/mol. The molecule has 1 unspecified atom stereocenters. The van der Waals surface area contributed by atoms with Crippen LogP contribution in [0.15, 0.2) is 0 Å². The van der Waals surface area contributed by atoms with Crippen molar-refractivity contribution < 1.29 is 9.53 Å². The van der Waals surface area contributed by atoms with Gasteiger partial charge in [0.15, 0.2) is 0 Å². The number of carbonyl (C=O) groups excluding carboxylic acids is 1. The molecule has 0 aliphatic rings. The molecule has 0 radical (unpaired) electrons. The third kappa shape index (κ3) is 5.63. The molecule has 0 spiro atoms. The Labute approximate surface area is 60.1 Å². The Balaban J connectivity index is 3.26. The van der Waals surface area contributed by atoms with Crippen molar-refractivity contribution in [1.29, 1.82) is 0 Å². The molecule has 0 aliphatic carbocycles. The van der Waals surface area contributed by atoms with Crippen molar-refractivity contribution in [3.63, 3.8) is 0 Å². The molecule has 0 fully saturated rings. The van der Waals surface area contributed by atoms with Crippen LogP contribution in [-0.2, 0) is 4.74 Å². The minimum atomic E-state index is -0.712. The highest BCUT2D eigenvalue weighted by Crippen LogP contribution is 2.02. The zero-order valence-electron chi connectivity index (χ0n) is 5.69. The van der Waals surface area contributed by atoms with Crippen LogP contribution in [0.25, 0.3) is 0 Å². The van der Waals surface area contributed by atoms with Crippen molar-refractivity contribution in [3.8, 4) is 0 Å². The maximum absolute atomic E-state index is 10.1. The summed E-state index contributed by atoms with van der Waals surface area (Å²) in [6, 6.07) is 0. The summed E-state index contributed by atoms with van der Waals surface area (Å²) in [5.41, 5.74) is -0.712. The highest BCUT2D eigenvalue weighted by atomic mass is 35.5. The van der Waals surface area contributed by atoms with Crippen molar-refractivity contribution in [1.82, 2.24) is 0 Å². The van der Waals surface area contributed by atoms with E-state index < -0.39 is 5.43 Å². The molecule has 0 N–H and O–H groups in total. The minimum Gasteiger partial charge on any atom is -0.451 e. The fourth-order valence-corrected chi connectivity index (χ4v) is 0.776. The minimum absolute atomic E-state index is 0.0417. The first-order valence-corrected chi connectivity index (χ1v) is 3.40. The largest absolute Gasteiger partial charge is 0.451 e. The van der Waals surface area contributed by atoms with E-state index in [4.69, 9.17) is 11.6 Å². The maximum atomic E-state index is 10.1. The van der Waals surface area contributed by atoms with Gasteiger partial charge >= 0.3 is 5.43 Å². The average molecular weight is 151 g/mol. The lowest BCUT2D eigenvalue weighted by molar-refractivity contribution is 0.126. The Bertz CT molecular complexity index is 93.1. The second-order valence-electron chi connectivity index (χ2n) is 1.95. The van der Waals surface area contributed by atoms with Gasteiger partial charge in [-0.3, -0.25) is 0 Å². The topological polar surface area (TPSA) is 26.3 Å². The molecule has 0 bridgehead atoms. The molecular formula is C6H11ClO2. The lowest BCUT2D eigenvalue weighted by atomic mass is 10.2. The standard InChI is InChI=1S/C6H11ClO2/c1-3-4-5(2)9-6(7)8/h5H,3-4H2,1-2H3. The number of halogens is 1. The SMILES string of the molecule is CCCC(C)OC(=O)Cl. The van der Waals surface area contributed by atoms with Crippen LogP contribution < -0.4 is 0 Å². The molecule has 0 saturated carbocycles. The van der Waals surface area contributed by atoms with Gasteiger partial charge in [0.05, 0.1) is 0 Å². The van der Waals surface area contributed by atoms with Crippen molar-refractivity contribution in [3.05, 3.63) is 0 Å². The Kier molecular flexibility index (Phi) is 4.50. The first-order valence-electron chi connectivity index (χ1n) is 3.03. The fraction of sp³-hybridized carbons (Fsp3) is 0.833. The molecule has 0 aromatic carbocycles. The summed E-state index contributed by atoms with van der Waals surface area (Å²) in [4.78, 5) is 10.1. The van der Waals surface area contributed by atoms with Crippen LogP contribution in [0.5, 0.6) is 0 Å². The van der Waals surface area contributed by atoms with Crippen molar-refractivity contribution >= 4 is 17.0 Å².